The molecule has 0 unspecified atom stereocenters. The zero-order valence-corrected chi connectivity index (χ0v) is 18.9. The Bertz CT molecular complexity index is 897. The quantitative estimate of drug-likeness (QED) is 0.488. The van der Waals surface area contributed by atoms with E-state index in [0.717, 1.165) is 11.3 Å². The molecule has 0 saturated carbocycles. The third-order valence-electron chi connectivity index (χ3n) is 5.02. The summed E-state index contributed by atoms with van der Waals surface area (Å²) in [5, 5.41) is 8.81. The van der Waals surface area contributed by atoms with Crippen molar-refractivity contribution < 1.29 is 24.2 Å². The fourth-order valence-corrected chi connectivity index (χ4v) is 4.76. The number of piperazine rings is 1. The number of amides is 2. The van der Waals surface area contributed by atoms with Crippen LogP contribution in [0, 0.1) is 0 Å². The van der Waals surface area contributed by atoms with Crippen molar-refractivity contribution in [1.82, 2.24) is 9.80 Å². The molecule has 2 fully saturated rings. The number of carbonyl (C=O) groups is 3. The molecule has 0 bridgehead atoms. The Labute approximate surface area is 190 Å². The molecule has 2 aliphatic heterocycles. The van der Waals surface area contributed by atoms with Crippen LogP contribution in [-0.4, -0.2) is 76.5 Å². The van der Waals surface area contributed by atoms with Crippen molar-refractivity contribution >= 4 is 58.0 Å². The lowest BCUT2D eigenvalue weighted by atomic mass is 10.1. The van der Waals surface area contributed by atoms with Gasteiger partial charge < -0.3 is 19.6 Å². The van der Waals surface area contributed by atoms with E-state index < -0.39 is 5.97 Å². The summed E-state index contributed by atoms with van der Waals surface area (Å²) < 4.78 is 5.52. The molecule has 1 aromatic rings. The van der Waals surface area contributed by atoms with E-state index in [4.69, 9.17) is 22.1 Å². The van der Waals surface area contributed by atoms with Crippen LogP contribution in [0.1, 0.15) is 25.3 Å². The van der Waals surface area contributed by atoms with Crippen molar-refractivity contribution in [3.63, 3.8) is 0 Å². The Morgan fingerprint density at radius 3 is 2.61 bits per heavy atom. The minimum Gasteiger partial charge on any atom is -0.481 e. The number of anilines is 1. The van der Waals surface area contributed by atoms with Crippen molar-refractivity contribution in [2.24, 2.45) is 0 Å². The average Bonchev–Trinajstić information content (AvgIpc) is 3.01. The topological polar surface area (TPSA) is 90.4 Å². The largest absolute Gasteiger partial charge is 0.481 e. The SMILES string of the molecule is CCOC(=O)N1CCN(c2ccccc2/C=C2\SC(=S)N(CCCC(=O)O)C2=O)CC1. The van der Waals surface area contributed by atoms with Crippen LogP contribution >= 0.6 is 24.0 Å². The third kappa shape index (κ3) is 5.76. The molecule has 2 amide bonds. The van der Waals surface area contributed by atoms with Crippen LogP contribution < -0.4 is 4.90 Å². The molecule has 0 spiro atoms. The molecule has 1 N–H and O–H groups in total. The van der Waals surface area contributed by atoms with Gasteiger partial charge in [0.25, 0.3) is 5.91 Å². The molecule has 2 saturated heterocycles. The molecular weight excluding hydrogens is 438 g/mol. The van der Waals surface area contributed by atoms with E-state index >= 15 is 0 Å². The van der Waals surface area contributed by atoms with Crippen LogP contribution in [-0.2, 0) is 14.3 Å². The van der Waals surface area contributed by atoms with Gasteiger partial charge in [-0.25, -0.2) is 4.79 Å². The van der Waals surface area contributed by atoms with Crippen molar-refractivity contribution in [2.45, 2.75) is 19.8 Å². The Kier molecular flexibility index (Phi) is 7.91. The first-order chi connectivity index (χ1) is 14.9. The van der Waals surface area contributed by atoms with Crippen LogP contribution in [0.4, 0.5) is 10.5 Å². The number of ether oxygens (including phenoxy) is 1. The number of carboxylic acid groups (broad SMARTS) is 1. The standard InChI is InChI=1S/C21H25N3O5S2/c1-2-29-20(28)23-12-10-22(11-13-23)16-7-4-3-6-15(16)14-17-19(27)24(21(30)31-17)9-5-8-18(25)26/h3-4,6-7,14H,2,5,8-13H2,1H3,(H,25,26)/b17-14-. The fourth-order valence-electron chi connectivity index (χ4n) is 3.46. The van der Waals surface area contributed by atoms with E-state index in [1.54, 1.807) is 11.8 Å². The molecule has 0 aromatic heterocycles. The second-order valence-corrected chi connectivity index (χ2v) is 8.74. The molecule has 2 aliphatic rings. The molecule has 0 aliphatic carbocycles. The number of rotatable bonds is 7. The third-order valence-corrected chi connectivity index (χ3v) is 6.39. The average molecular weight is 464 g/mol. The summed E-state index contributed by atoms with van der Waals surface area (Å²) >= 11 is 6.56. The summed E-state index contributed by atoms with van der Waals surface area (Å²) in [5.41, 5.74) is 1.89. The van der Waals surface area contributed by atoms with Crippen molar-refractivity contribution in [3.05, 3.63) is 34.7 Å². The van der Waals surface area contributed by atoms with Gasteiger partial charge in [-0.2, -0.15) is 0 Å². The van der Waals surface area contributed by atoms with E-state index in [9.17, 15) is 14.4 Å². The second kappa shape index (κ2) is 10.6. The van der Waals surface area contributed by atoms with Gasteiger partial charge in [-0.3, -0.25) is 14.5 Å². The molecule has 31 heavy (non-hydrogen) atoms. The van der Waals surface area contributed by atoms with Gasteiger partial charge in [0, 0.05) is 44.8 Å². The zero-order valence-electron chi connectivity index (χ0n) is 17.3. The zero-order chi connectivity index (χ0) is 22.4. The summed E-state index contributed by atoms with van der Waals surface area (Å²) in [6.07, 6.45) is 1.90. The highest BCUT2D eigenvalue weighted by Gasteiger charge is 2.32. The van der Waals surface area contributed by atoms with Gasteiger partial charge in [-0.15, -0.1) is 0 Å². The molecule has 8 nitrogen and oxygen atoms in total. The van der Waals surface area contributed by atoms with Gasteiger partial charge in [-0.05, 0) is 31.1 Å². The van der Waals surface area contributed by atoms with Gasteiger partial charge in [0.2, 0.25) is 0 Å². The predicted molar refractivity (Wildman–Crippen MR) is 124 cm³/mol. The summed E-state index contributed by atoms with van der Waals surface area (Å²) in [6.45, 7) is 4.92. The number of benzene rings is 1. The van der Waals surface area contributed by atoms with Gasteiger partial charge >= 0.3 is 12.1 Å². The van der Waals surface area contributed by atoms with Gasteiger partial charge in [0.15, 0.2) is 0 Å². The monoisotopic (exact) mass is 463 g/mol. The minimum atomic E-state index is -0.891. The highest BCUT2D eigenvalue weighted by Crippen LogP contribution is 2.34. The summed E-state index contributed by atoms with van der Waals surface area (Å²) in [4.78, 5) is 41.3. The molecule has 10 heteroatoms. The van der Waals surface area contributed by atoms with E-state index in [0.29, 0.717) is 55.0 Å². The lowest BCUT2D eigenvalue weighted by Gasteiger charge is -2.36. The van der Waals surface area contributed by atoms with Crippen molar-refractivity contribution in [2.75, 3.05) is 44.2 Å². The number of carboxylic acids is 1. The first kappa shape index (κ1) is 23.1. The van der Waals surface area contributed by atoms with Crippen LogP contribution in [0.25, 0.3) is 6.08 Å². The van der Waals surface area contributed by atoms with Crippen LogP contribution in [0.3, 0.4) is 0 Å². The minimum absolute atomic E-state index is 0.00326. The number of para-hydroxylation sites is 1. The van der Waals surface area contributed by atoms with Crippen LogP contribution in [0.15, 0.2) is 29.2 Å². The molecule has 0 atom stereocenters. The highest BCUT2D eigenvalue weighted by atomic mass is 32.2. The maximum Gasteiger partial charge on any atom is 0.409 e. The number of thiocarbonyl (C=S) groups is 1. The summed E-state index contributed by atoms with van der Waals surface area (Å²) in [5.74, 6) is -1.08. The molecule has 3 rings (SSSR count). The lowest BCUT2D eigenvalue weighted by molar-refractivity contribution is -0.137. The van der Waals surface area contributed by atoms with Gasteiger partial charge in [0.1, 0.15) is 4.32 Å². The fraction of sp³-hybridized carbons (Fsp3) is 0.429. The number of aliphatic carboxylic acids is 1. The van der Waals surface area contributed by atoms with Crippen molar-refractivity contribution in [1.29, 1.82) is 0 Å². The molecular formula is C21H25N3O5S2. The van der Waals surface area contributed by atoms with E-state index in [-0.39, 0.29) is 18.4 Å². The van der Waals surface area contributed by atoms with E-state index in [1.165, 1.54) is 16.7 Å². The lowest BCUT2D eigenvalue weighted by Crippen LogP contribution is -2.49. The Balaban J connectivity index is 1.70. The molecule has 166 valence electrons. The second-order valence-electron chi connectivity index (χ2n) is 7.06. The Morgan fingerprint density at radius 1 is 1.23 bits per heavy atom. The highest BCUT2D eigenvalue weighted by molar-refractivity contribution is 8.26. The first-order valence-electron chi connectivity index (χ1n) is 10.1. The summed E-state index contributed by atoms with van der Waals surface area (Å²) in [6, 6.07) is 7.81. The normalized spacial score (nSPS) is 18.1. The first-order valence-corrected chi connectivity index (χ1v) is 11.4. The summed E-state index contributed by atoms with van der Waals surface area (Å²) in [7, 11) is 0. The van der Waals surface area contributed by atoms with Crippen LogP contribution in [0.5, 0.6) is 0 Å². The number of hydrogen-bond acceptors (Lipinski definition) is 7. The Morgan fingerprint density at radius 2 is 1.94 bits per heavy atom. The van der Waals surface area contributed by atoms with E-state index in [1.807, 2.05) is 30.3 Å². The smallest absolute Gasteiger partial charge is 0.409 e. The number of thioether (sulfide) groups is 1. The van der Waals surface area contributed by atoms with E-state index in [2.05, 4.69) is 4.90 Å². The molecule has 1 aromatic carbocycles. The van der Waals surface area contributed by atoms with Crippen molar-refractivity contribution in [3.8, 4) is 0 Å². The molecule has 2 heterocycles. The van der Waals surface area contributed by atoms with Gasteiger partial charge in [-0.1, -0.05) is 42.2 Å². The maximum absolute atomic E-state index is 12.8. The predicted octanol–water partition coefficient (Wildman–Crippen LogP) is 3.03. The van der Waals surface area contributed by atoms with Crippen LogP contribution in [0.2, 0.25) is 0 Å². The number of carbonyl (C=O) groups excluding carboxylic acids is 2. The number of nitrogens with zero attached hydrogens (tertiary/aromatic N) is 3. The maximum atomic E-state index is 12.8. The number of hydrogen-bond donors (Lipinski definition) is 1. The Hall–Kier alpha value is -2.59. The van der Waals surface area contributed by atoms with Gasteiger partial charge in [0.05, 0.1) is 11.5 Å². The molecule has 0 radical (unpaired) electrons.